The van der Waals surface area contributed by atoms with E-state index in [1.165, 1.54) is 4.68 Å². The minimum atomic E-state index is -0.618. The van der Waals surface area contributed by atoms with E-state index >= 15 is 0 Å². The molecule has 0 unspecified atom stereocenters. The molecule has 1 aromatic carbocycles. The summed E-state index contributed by atoms with van der Waals surface area (Å²) in [6.07, 6.45) is 0. The topological polar surface area (TPSA) is 82.5 Å². The number of carbonyl (C=O) groups is 1. The number of aryl methyl sites for hydroxylation is 1. The van der Waals surface area contributed by atoms with Crippen molar-refractivity contribution in [2.24, 2.45) is 17.9 Å². The summed E-state index contributed by atoms with van der Waals surface area (Å²) in [4.78, 5) is 17.0. The van der Waals surface area contributed by atoms with Crippen LogP contribution in [0.15, 0.2) is 35.5 Å². The van der Waals surface area contributed by atoms with E-state index in [0.29, 0.717) is 16.3 Å². The number of amidine groups is 1. The van der Waals surface area contributed by atoms with Gasteiger partial charge in [-0.1, -0.05) is 37.5 Å². The molecule has 122 valence electrons. The fourth-order valence-electron chi connectivity index (χ4n) is 1.84. The summed E-state index contributed by atoms with van der Waals surface area (Å²) in [5.41, 5.74) is 7.34. The van der Waals surface area contributed by atoms with E-state index in [2.05, 4.69) is 10.3 Å². The Kier molecular flexibility index (Phi) is 4.75. The number of nitrogens with zero attached hydrogens (tertiary/aromatic N) is 3. The SMILES string of the molecule is Cn1nc(C(C)(C)C)cc1C(=O)ON=C(N)c1ccc(Cl)cc1. The first kappa shape index (κ1) is 17.0. The normalized spacial score (nSPS) is 12.3. The summed E-state index contributed by atoms with van der Waals surface area (Å²) in [5, 5.41) is 8.58. The Hall–Kier alpha value is -2.34. The number of carbonyl (C=O) groups excluding carboxylic acids is 1. The van der Waals surface area contributed by atoms with Crippen LogP contribution in [0.5, 0.6) is 0 Å². The van der Waals surface area contributed by atoms with E-state index in [4.69, 9.17) is 22.2 Å². The van der Waals surface area contributed by atoms with Crippen molar-refractivity contribution in [1.82, 2.24) is 9.78 Å². The van der Waals surface area contributed by atoms with E-state index < -0.39 is 5.97 Å². The molecule has 1 heterocycles. The zero-order valence-corrected chi connectivity index (χ0v) is 14.3. The standard InChI is InChI=1S/C16H19ClN4O2/c1-16(2,3)13-9-12(21(4)19-13)15(22)23-20-14(18)10-5-7-11(17)8-6-10/h5-9H,1-4H3,(H2,18,20). The fourth-order valence-corrected chi connectivity index (χ4v) is 1.96. The van der Waals surface area contributed by atoms with Crippen molar-refractivity contribution in [2.75, 3.05) is 0 Å². The van der Waals surface area contributed by atoms with Crippen molar-refractivity contribution < 1.29 is 9.63 Å². The fraction of sp³-hybridized carbons (Fsp3) is 0.312. The van der Waals surface area contributed by atoms with Crippen molar-refractivity contribution in [3.63, 3.8) is 0 Å². The van der Waals surface area contributed by atoms with Crippen LogP contribution in [0.25, 0.3) is 0 Å². The number of nitrogens with two attached hydrogens (primary N) is 1. The Morgan fingerprint density at radius 1 is 1.30 bits per heavy atom. The number of oxime groups is 1. The van der Waals surface area contributed by atoms with Gasteiger partial charge >= 0.3 is 5.97 Å². The molecule has 0 saturated heterocycles. The van der Waals surface area contributed by atoms with Crippen LogP contribution >= 0.6 is 11.6 Å². The number of benzene rings is 1. The van der Waals surface area contributed by atoms with Gasteiger partial charge in [-0.2, -0.15) is 5.10 Å². The molecule has 0 fully saturated rings. The highest BCUT2D eigenvalue weighted by molar-refractivity contribution is 6.30. The third-order valence-corrected chi connectivity index (χ3v) is 3.48. The van der Waals surface area contributed by atoms with Gasteiger partial charge in [-0.15, -0.1) is 0 Å². The number of hydrogen-bond acceptors (Lipinski definition) is 4. The molecular weight excluding hydrogens is 316 g/mol. The molecule has 0 aliphatic rings. The first-order valence-corrected chi connectivity index (χ1v) is 7.41. The predicted molar refractivity (Wildman–Crippen MR) is 89.5 cm³/mol. The van der Waals surface area contributed by atoms with Crippen LogP contribution in [0.2, 0.25) is 5.02 Å². The van der Waals surface area contributed by atoms with Crippen LogP contribution in [-0.2, 0) is 17.3 Å². The lowest BCUT2D eigenvalue weighted by molar-refractivity contribution is 0.0503. The lowest BCUT2D eigenvalue weighted by Gasteiger charge is -2.13. The summed E-state index contributed by atoms with van der Waals surface area (Å²) in [5.74, 6) is -0.527. The molecule has 2 aromatic rings. The molecule has 1 aromatic heterocycles. The van der Waals surface area contributed by atoms with Gasteiger partial charge in [0, 0.05) is 23.0 Å². The predicted octanol–water partition coefficient (Wildman–Crippen LogP) is 2.85. The zero-order valence-electron chi connectivity index (χ0n) is 13.5. The molecule has 0 aliphatic carbocycles. The molecule has 2 N–H and O–H groups in total. The minimum absolute atomic E-state index is 0.0910. The summed E-state index contributed by atoms with van der Waals surface area (Å²) in [6.45, 7) is 6.05. The van der Waals surface area contributed by atoms with Gasteiger partial charge in [0.25, 0.3) is 0 Å². The minimum Gasteiger partial charge on any atom is -0.380 e. The van der Waals surface area contributed by atoms with Crippen molar-refractivity contribution in [3.05, 3.63) is 52.3 Å². The van der Waals surface area contributed by atoms with Gasteiger partial charge in [0.2, 0.25) is 0 Å². The van der Waals surface area contributed by atoms with Gasteiger partial charge in [-0.3, -0.25) is 4.68 Å². The Bertz CT molecular complexity index is 742. The highest BCUT2D eigenvalue weighted by Crippen LogP contribution is 2.21. The second kappa shape index (κ2) is 6.42. The average molecular weight is 335 g/mol. The second-order valence-corrected chi connectivity index (χ2v) is 6.59. The van der Waals surface area contributed by atoms with E-state index in [1.54, 1.807) is 37.4 Å². The summed E-state index contributed by atoms with van der Waals surface area (Å²) in [6, 6.07) is 8.43. The quantitative estimate of drug-likeness (QED) is 0.405. The van der Waals surface area contributed by atoms with Crippen molar-refractivity contribution in [3.8, 4) is 0 Å². The van der Waals surface area contributed by atoms with E-state index in [-0.39, 0.29) is 11.3 Å². The maximum Gasteiger partial charge on any atom is 0.383 e. The van der Waals surface area contributed by atoms with Gasteiger partial charge in [0.1, 0.15) is 5.69 Å². The Morgan fingerprint density at radius 2 is 1.91 bits per heavy atom. The molecule has 2 rings (SSSR count). The van der Waals surface area contributed by atoms with E-state index in [1.807, 2.05) is 20.8 Å². The van der Waals surface area contributed by atoms with E-state index in [9.17, 15) is 4.79 Å². The zero-order chi connectivity index (χ0) is 17.2. The van der Waals surface area contributed by atoms with Gasteiger partial charge in [0.15, 0.2) is 5.84 Å². The molecule has 0 aliphatic heterocycles. The molecule has 0 radical (unpaired) electrons. The van der Waals surface area contributed by atoms with Crippen LogP contribution in [0.4, 0.5) is 0 Å². The lowest BCUT2D eigenvalue weighted by Crippen LogP contribution is -2.16. The highest BCUT2D eigenvalue weighted by Gasteiger charge is 2.22. The van der Waals surface area contributed by atoms with Crippen LogP contribution in [-0.4, -0.2) is 21.6 Å². The summed E-state index contributed by atoms with van der Waals surface area (Å²) < 4.78 is 1.47. The van der Waals surface area contributed by atoms with Crippen molar-refractivity contribution in [2.45, 2.75) is 26.2 Å². The highest BCUT2D eigenvalue weighted by atomic mass is 35.5. The molecule has 0 spiro atoms. The molecule has 6 nitrogen and oxygen atoms in total. The number of halogens is 1. The molecule has 0 saturated carbocycles. The lowest BCUT2D eigenvalue weighted by atomic mass is 9.92. The van der Waals surface area contributed by atoms with Gasteiger partial charge in [-0.25, -0.2) is 4.79 Å². The first-order valence-electron chi connectivity index (χ1n) is 7.04. The number of rotatable bonds is 3. The third-order valence-electron chi connectivity index (χ3n) is 3.22. The Morgan fingerprint density at radius 3 is 2.43 bits per heavy atom. The maximum absolute atomic E-state index is 12.1. The van der Waals surface area contributed by atoms with Crippen LogP contribution in [0.1, 0.15) is 42.5 Å². The maximum atomic E-state index is 12.1. The van der Waals surface area contributed by atoms with Crippen molar-refractivity contribution in [1.29, 1.82) is 0 Å². The van der Waals surface area contributed by atoms with Gasteiger partial charge < -0.3 is 10.6 Å². The van der Waals surface area contributed by atoms with Crippen LogP contribution < -0.4 is 5.73 Å². The summed E-state index contributed by atoms with van der Waals surface area (Å²) in [7, 11) is 1.68. The largest absolute Gasteiger partial charge is 0.383 e. The molecule has 7 heteroatoms. The second-order valence-electron chi connectivity index (χ2n) is 6.15. The first-order chi connectivity index (χ1) is 10.7. The molecular formula is C16H19ClN4O2. The van der Waals surface area contributed by atoms with Crippen molar-refractivity contribution >= 4 is 23.4 Å². The monoisotopic (exact) mass is 334 g/mol. The van der Waals surface area contributed by atoms with E-state index in [0.717, 1.165) is 5.69 Å². The van der Waals surface area contributed by atoms with Crippen LogP contribution in [0.3, 0.4) is 0 Å². The molecule has 0 bridgehead atoms. The summed E-state index contributed by atoms with van der Waals surface area (Å²) >= 11 is 5.80. The smallest absolute Gasteiger partial charge is 0.380 e. The van der Waals surface area contributed by atoms with Crippen LogP contribution in [0, 0.1) is 0 Å². The molecule has 0 amide bonds. The number of aromatic nitrogens is 2. The van der Waals surface area contributed by atoms with Gasteiger partial charge in [0.05, 0.1) is 5.69 Å². The Balaban J connectivity index is 2.14. The van der Waals surface area contributed by atoms with Gasteiger partial charge in [-0.05, 0) is 30.3 Å². The third kappa shape index (κ3) is 4.10. The molecule has 0 atom stereocenters. The average Bonchev–Trinajstić information content (AvgIpc) is 2.87. The molecule has 23 heavy (non-hydrogen) atoms. The Labute approximate surface area is 139 Å². The number of hydrogen-bond donors (Lipinski definition) is 1.